The topological polar surface area (TPSA) is 35.2 Å². The van der Waals surface area contributed by atoms with Gasteiger partial charge in [0.05, 0.1) is 7.11 Å². The maximum absolute atomic E-state index is 6.48. The largest absolute Gasteiger partial charge is 0.496 e. The minimum atomic E-state index is -0.0926. The summed E-state index contributed by atoms with van der Waals surface area (Å²) in [6.07, 6.45) is 5.38. The fourth-order valence-electron chi connectivity index (χ4n) is 2.15. The highest BCUT2D eigenvalue weighted by atomic mass is 16.5. The van der Waals surface area contributed by atoms with Gasteiger partial charge in [-0.05, 0) is 30.9 Å². The molecule has 0 bridgehead atoms. The normalized spacial score (nSPS) is 14.4. The molecule has 0 aliphatic heterocycles. The summed E-state index contributed by atoms with van der Waals surface area (Å²) in [6, 6.07) is 8.17. The van der Waals surface area contributed by atoms with Crippen LogP contribution in [0.2, 0.25) is 0 Å². The standard InChI is InChI=1S/C15H25NO/c1-4-6-11-15(16,5-2)12-13-9-7-8-10-14(13)17-3/h7-10H,4-6,11-12,16H2,1-3H3. The molecule has 0 amide bonds. The molecular formula is C15H25NO. The van der Waals surface area contributed by atoms with Crippen molar-refractivity contribution in [2.24, 2.45) is 5.73 Å². The molecule has 1 aromatic rings. The molecule has 0 heterocycles. The van der Waals surface area contributed by atoms with Gasteiger partial charge in [-0.15, -0.1) is 0 Å². The third kappa shape index (κ3) is 4.04. The molecule has 17 heavy (non-hydrogen) atoms. The first kappa shape index (κ1) is 14.0. The van der Waals surface area contributed by atoms with Crippen molar-refractivity contribution in [3.63, 3.8) is 0 Å². The van der Waals surface area contributed by atoms with Crippen LogP contribution in [0.15, 0.2) is 24.3 Å². The maximum Gasteiger partial charge on any atom is 0.122 e. The monoisotopic (exact) mass is 235 g/mol. The predicted octanol–water partition coefficient (Wildman–Crippen LogP) is 3.54. The van der Waals surface area contributed by atoms with E-state index in [0.29, 0.717) is 0 Å². The van der Waals surface area contributed by atoms with E-state index in [1.54, 1.807) is 7.11 Å². The number of para-hydroxylation sites is 1. The number of hydrogen-bond acceptors (Lipinski definition) is 2. The Morgan fingerprint density at radius 3 is 2.53 bits per heavy atom. The molecule has 0 spiro atoms. The van der Waals surface area contributed by atoms with Gasteiger partial charge < -0.3 is 10.5 Å². The summed E-state index contributed by atoms with van der Waals surface area (Å²) in [4.78, 5) is 0. The molecular weight excluding hydrogens is 210 g/mol. The number of ether oxygens (including phenoxy) is 1. The number of hydrogen-bond donors (Lipinski definition) is 1. The highest BCUT2D eigenvalue weighted by Gasteiger charge is 2.23. The Hall–Kier alpha value is -1.02. The molecule has 0 radical (unpaired) electrons. The Bertz CT molecular complexity index is 337. The van der Waals surface area contributed by atoms with E-state index in [2.05, 4.69) is 19.9 Å². The summed E-state index contributed by atoms with van der Waals surface area (Å²) < 4.78 is 5.38. The van der Waals surface area contributed by atoms with Gasteiger partial charge in [-0.2, -0.15) is 0 Å². The molecule has 0 aliphatic rings. The molecule has 0 saturated heterocycles. The van der Waals surface area contributed by atoms with E-state index in [9.17, 15) is 0 Å². The number of unbranched alkanes of at least 4 members (excludes halogenated alkanes) is 1. The van der Waals surface area contributed by atoms with E-state index >= 15 is 0 Å². The van der Waals surface area contributed by atoms with Crippen LogP contribution >= 0.6 is 0 Å². The third-order valence-electron chi connectivity index (χ3n) is 3.47. The molecule has 96 valence electrons. The molecule has 0 fully saturated rings. The number of rotatable bonds is 7. The molecule has 1 atom stereocenters. The summed E-state index contributed by atoms with van der Waals surface area (Å²) in [5.74, 6) is 0.951. The second kappa shape index (κ2) is 6.65. The van der Waals surface area contributed by atoms with Crippen molar-refractivity contribution in [1.29, 1.82) is 0 Å². The van der Waals surface area contributed by atoms with E-state index < -0.39 is 0 Å². The average molecular weight is 235 g/mol. The quantitative estimate of drug-likeness (QED) is 0.784. The average Bonchev–Trinajstić information content (AvgIpc) is 2.37. The summed E-state index contributed by atoms with van der Waals surface area (Å²) in [5.41, 5.74) is 7.61. The van der Waals surface area contributed by atoms with Crippen LogP contribution in [0, 0.1) is 0 Å². The molecule has 2 nitrogen and oxygen atoms in total. The summed E-state index contributed by atoms with van der Waals surface area (Å²) in [6.45, 7) is 4.38. The van der Waals surface area contributed by atoms with Crippen molar-refractivity contribution in [1.82, 2.24) is 0 Å². The van der Waals surface area contributed by atoms with E-state index in [1.807, 2.05) is 18.2 Å². The molecule has 2 N–H and O–H groups in total. The van der Waals surface area contributed by atoms with Crippen LogP contribution in [0.3, 0.4) is 0 Å². The lowest BCUT2D eigenvalue weighted by molar-refractivity contribution is 0.353. The summed E-state index contributed by atoms with van der Waals surface area (Å²) in [7, 11) is 1.72. The third-order valence-corrected chi connectivity index (χ3v) is 3.47. The zero-order chi connectivity index (χ0) is 12.7. The van der Waals surface area contributed by atoms with Crippen LogP contribution in [-0.2, 0) is 6.42 Å². The number of nitrogens with two attached hydrogens (primary N) is 1. The molecule has 1 unspecified atom stereocenters. The first-order valence-corrected chi connectivity index (χ1v) is 6.56. The first-order valence-electron chi connectivity index (χ1n) is 6.56. The lowest BCUT2D eigenvalue weighted by Crippen LogP contribution is -2.41. The van der Waals surface area contributed by atoms with Crippen LogP contribution in [0.4, 0.5) is 0 Å². The highest BCUT2D eigenvalue weighted by Crippen LogP contribution is 2.26. The van der Waals surface area contributed by atoms with Crippen LogP contribution in [0.25, 0.3) is 0 Å². The van der Waals surface area contributed by atoms with Crippen molar-refractivity contribution in [3.8, 4) is 5.75 Å². The second-order valence-corrected chi connectivity index (χ2v) is 4.81. The Morgan fingerprint density at radius 2 is 1.94 bits per heavy atom. The molecule has 2 heteroatoms. The Kier molecular flexibility index (Phi) is 5.49. The zero-order valence-electron chi connectivity index (χ0n) is 11.3. The lowest BCUT2D eigenvalue weighted by atomic mass is 9.84. The minimum Gasteiger partial charge on any atom is -0.496 e. The zero-order valence-corrected chi connectivity index (χ0v) is 11.3. The first-order chi connectivity index (χ1) is 8.15. The van der Waals surface area contributed by atoms with Crippen molar-refractivity contribution in [3.05, 3.63) is 29.8 Å². The highest BCUT2D eigenvalue weighted by molar-refractivity contribution is 5.34. The van der Waals surface area contributed by atoms with E-state index in [1.165, 1.54) is 18.4 Å². The van der Waals surface area contributed by atoms with Gasteiger partial charge in [0.25, 0.3) is 0 Å². The molecule has 0 aliphatic carbocycles. The lowest BCUT2D eigenvalue weighted by Gasteiger charge is -2.29. The van der Waals surface area contributed by atoms with Crippen LogP contribution in [0.5, 0.6) is 5.75 Å². The molecule has 1 rings (SSSR count). The smallest absolute Gasteiger partial charge is 0.122 e. The minimum absolute atomic E-state index is 0.0926. The van der Waals surface area contributed by atoms with Crippen molar-refractivity contribution in [2.45, 2.75) is 51.5 Å². The Morgan fingerprint density at radius 1 is 1.24 bits per heavy atom. The van der Waals surface area contributed by atoms with E-state index in [0.717, 1.165) is 25.0 Å². The van der Waals surface area contributed by atoms with Crippen molar-refractivity contribution < 1.29 is 4.74 Å². The van der Waals surface area contributed by atoms with Gasteiger partial charge in [-0.3, -0.25) is 0 Å². The summed E-state index contributed by atoms with van der Waals surface area (Å²) in [5, 5.41) is 0. The van der Waals surface area contributed by atoms with Crippen LogP contribution in [-0.4, -0.2) is 12.6 Å². The molecule has 0 aromatic heterocycles. The number of benzene rings is 1. The second-order valence-electron chi connectivity index (χ2n) is 4.81. The van der Waals surface area contributed by atoms with Gasteiger partial charge in [0.15, 0.2) is 0 Å². The molecule has 1 aromatic carbocycles. The maximum atomic E-state index is 6.48. The van der Waals surface area contributed by atoms with Gasteiger partial charge >= 0.3 is 0 Å². The SMILES string of the molecule is CCCCC(N)(CC)Cc1ccccc1OC. The van der Waals surface area contributed by atoms with Gasteiger partial charge in [-0.25, -0.2) is 0 Å². The van der Waals surface area contributed by atoms with Gasteiger partial charge in [0, 0.05) is 5.54 Å². The van der Waals surface area contributed by atoms with Crippen LogP contribution in [0.1, 0.15) is 45.1 Å². The Balaban J connectivity index is 2.79. The predicted molar refractivity (Wildman–Crippen MR) is 73.4 cm³/mol. The van der Waals surface area contributed by atoms with Crippen LogP contribution < -0.4 is 10.5 Å². The molecule has 0 saturated carbocycles. The fourth-order valence-corrected chi connectivity index (χ4v) is 2.15. The summed E-state index contributed by atoms with van der Waals surface area (Å²) >= 11 is 0. The van der Waals surface area contributed by atoms with E-state index in [-0.39, 0.29) is 5.54 Å². The van der Waals surface area contributed by atoms with Crippen molar-refractivity contribution >= 4 is 0 Å². The van der Waals surface area contributed by atoms with Crippen molar-refractivity contribution in [2.75, 3.05) is 7.11 Å². The van der Waals surface area contributed by atoms with Gasteiger partial charge in [0.2, 0.25) is 0 Å². The fraction of sp³-hybridized carbons (Fsp3) is 0.600. The van der Waals surface area contributed by atoms with E-state index in [4.69, 9.17) is 10.5 Å². The van der Waals surface area contributed by atoms with Gasteiger partial charge in [-0.1, -0.05) is 44.9 Å². The van der Waals surface area contributed by atoms with Gasteiger partial charge in [0.1, 0.15) is 5.75 Å². The number of methoxy groups -OCH3 is 1. The Labute approximate surface area is 105 Å².